The zero-order valence-corrected chi connectivity index (χ0v) is 15.1. The zero-order chi connectivity index (χ0) is 18.7. The number of hydrogen-bond donors (Lipinski definition) is 2. The maximum absolute atomic E-state index is 11.0. The van der Waals surface area contributed by atoms with Gasteiger partial charge in [-0.2, -0.15) is 5.10 Å². The zero-order valence-electron chi connectivity index (χ0n) is 14.3. The lowest BCUT2D eigenvalue weighted by Gasteiger charge is -2.08. The molecule has 0 fully saturated rings. The molecule has 136 valence electrons. The van der Waals surface area contributed by atoms with E-state index in [-0.39, 0.29) is 11.7 Å². The van der Waals surface area contributed by atoms with Gasteiger partial charge in [-0.1, -0.05) is 6.42 Å². The monoisotopic (exact) mass is 366 g/mol. The molecule has 1 aromatic rings. The van der Waals surface area contributed by atoms with E-state index in [9.17, 15) is 14.9 Å². The third kappa shape index (κ3) is 8.20. The molecule has 0 heterocycles. The lowest BCUT2D eigenvalue weighted by atomic mass is 10.1. The van der Waals surface area contributed by atoms with Crippen LogP contribution in [0.25, 0.3) is 0 Å². The number of nitro groups is 1. The molecule has 0 aliphatic rings. The summed E-state index contributed by atoms with van der Waals surface area (Å²) in [4.78, 5) is 21.1. The third-order valence-electron chi connectivity index (χ3n) is 3.39. The molecule has 1 rings (SSSR count). The maximum Gasteiger partial charge on any atom is 0.305 e. The molecule has 0 aliphatic carbocycles. The number of rotatable bonds is 9. The Bertz CT molecular complexity index is 632. The SMILES string of the molecule is COC(=O)CCCCCNC(=S)N/N=C(/C)c1ccc([N+](=O)[O-])cc1. The van der Waals surface area contributed by atoms with Gasteiger partial charge in [0.1, 0.15) is 0 Å². The quantitative estimate of drug-likeness (QED) is 0.173. The van der Waals surface area contributed by atoms with Crippen LogP contribution in [0.2, 0.25) is 0 Å². The van der Waals surface area contributed by atoms with Crippen LogP contribution in [-0.2, 0) is 9.53 Å². The van der Waals surface area contributed by atoms with Crippen LogP contribution in [0.1, 0.15) is 38.2 Å². The van der Waals surface area contributed by atoms with Gasteiger partial charge in [0.25, 0.3) is 5.69 Å². The first kappa shape index (κ1) is 20.5. The first-order valence-corrected chi connectivity index (χ1v) is 8.24. The Hall–Kier alpha value is -2.55. The summed E-state index contributed by atoms with van der Waals surface area (Å²) in [7, 11) is 1.38. The molecule has 0 aliphatic heterocycles. The van der Waals surface area contributed by atoms with Crippen molar-refractivity contribution >= 4 is 34.7 Å². The number of esters is 1. The van der Waals surface area contributed by atoms with Gasteiger partial charge in [0.15, 0.2) is 5.11 Å². The molecule has 9 heteroatoms. The summed E-state index contributed by atoms with van der Waals surface area (Å²) in [6.45, 7) is 2.46. The molecule has 0 unspecified atom stereocenters. The summed E-state index contributed by atoms with van der Waals surface area (Å²) in [5, 5.41) is 18.2. The average Bonchev–Trinajstić information content (AvgIpc) is 2.62. The predicted molar refractivity (Wildman–Crippen MR) is 99.5 cm³/mol. The second-order valence-corrected chi connectivity index (χ2v) is 5.66. The van der Waals surface area contributed by atoms with Gasteiger partial charge in [0, 0.05) is 25.1 Å². The van der Waals surface area contributed by atoms with Crippen molar-refractivity contribution in [3.63, 3.8) is 0 Å². The lowest BCUT2D eigenvalue weighted by Crippen LogP contribution is -2.33. The van der Waals surface area contributed by atoms with Gasteiger partial charge in [-0.25, -0.2) is 0 Å². The van der Waals surface area contributed by atoms with Crippen LogP contribution < -0.4 is 10.7 Å². The highest BCUT2D eigenvalue weighted by Gasteiger charge is 2.05. The fourth-order valence-corrected chi connectivity index (χ4v) is 2.09. The number of methoxy groups -OCH3 is 1. The Balaban J connectivity index is 2.28. The number of non-ortho nitro benzene ring substituents is 1. The molecule has 0 aromatic heterocycles. The molecule has 0 spiro atoms. The minimum atomic E-state index is -0.446. The molecule has 0 amide bonds. The molecule has 8 nitrogen and oxygen atoms in total. The van der Waals surface area contributed by atoms with Crippen LogP contribution in [0.4, 0.5) is 5.69 Å². The van der Waals surface area contributed by atoms with E-state index in [1.165, 1.54) is 19.2 Å². The van der Waals surface area contributed by atoms with Gasteiger partial charge >= 0.3 is 5.97 Å². The lowest BCUT2D eigenvalue weighted by molar-refractivity contribution is -0.384. The molecule has 0 bridgehead atoms. The summed E-state index contributed by atoms with van der Waals surface area (Å²) in [5.74, 6) is -0.193. The van der Waals surface area contributed by atoms with Crippen molar-refractivity contribution in [1.82, 2.24) is 10.7 Å². The van der Waals surface area contributed by atoms with Gasteiger partial charge < -0.3 is 10.1 Å². The largest absolute Gasteiger partial charge is 0.469 e. The highest BCUT2D eigenvalue weighted by Crippen LogP contribution is 2.12. The minimum Gasteiger partial charge on any atom is -0.469 e. The predicted octanol–water partition coefficient (Wildman–Crippen LogP) is 2.52. The average molecular weight is 366 g/mol. The number of hydrogen-bond acceptors (Lipinski definition) is 6. The summed E-state index contributed by atoms with van der Waals surface area (Å²) in [6.07, 6.45) is 2.99. The van der Waals surface area contributed by atoms with Crippen LogP contribution in [0.5, 0.6) is 0 Å². The van der Waals surface area contributed by atoms with E-state index in [2.05, 4.69) is 20.6 Å². The summed E-state index contributed by atoms with van der Waals surface area (Å²) in [6, 6.07) is 6.13. The number of ether oxygens (including phenoxy) is 1. The number of carbonyl (C=O) groups is 1. The maximum atomic E-state index is 11.0. The number of nitro benzene ring substituents is 1. The second kappa shape index (κ2) is 11.1. The van der Waals surface area contributed by atoms with E-state index in [0.29, 0.717) is 23.8 Å². The van der Waals surface area contributed by atoms with Crippen LogP contribution in [0.15, 0.2) is 29.4 Å². The molecule has 1 aromatic carbocycles. The molecule has 0 atom stereocenters. The Morgan fingerprint density at radius 1 is 1.28 bits per heavy atom. The summed E-state index contributed by atoms with van der Waals surface area (Å²) < 4.78 is 4.57. The van der Waals surface area contributed by atoms with Crippen LogP contribution in [0.3, 0.4) is 0 Å². The number of unbranched alkanes of at least 4 members (excludes halogenated alkanes) is 2. The molecule has 25 heavy (non-hydrogen) atoms. The normalized spacial score (nSPS) is 10.9. The highest BCUT2D eigenvalue weighted by molar-refractivity contribution is 7.80. The van der Waals surface area contributed by atoms with Crippen LogP contribution >= 0.6 is 12.2 Å². The van der Waals surface area contributed by atoms with E-state index in [1.807, 2.05) is 0 Å². The van der Waals surface area contributed by atoms with E-state index in [4.69, 9.17) is 12.2 Å². The van der Waals surface area contributed by atoms with Gasteiger partial charge in [0.05, 0.1) is 17.7 Å². The number of nitrogens with zero attached hydrogens (tertiary/aromatic N) is 2. The fourth-order valence-electron chi connectivity index (χ4n) is 1.94. The van der Waals surface area contributed by atoms with E-state index in [0.717, 1.165) is 24.8 Å². The van der Waals surface area contributed by atoms with Crippen molar-refractivity contribution in [2.45, 2.75) is 32.6 Å². The Kier molecular flexibility index (Phi) is 9.09. The smallest absolute Gasteiger partial charge is 0.305 e. The topological polar surface area (TPSA) is 106 Å². The number of hydrazone groups is 1. The van der Waals surface area contributed by atoms with E-state index >= 15 is 0 Å². The molecule has 0 saturated carbocycles. The Labute approximate surface area is 151 Å². The standard InChI is InChI=1S/C16H22N4O4S/c1-12(13-7-9-14(10-8-13)20(22)23)18-19-16(25)17-11-5-3-4-6-15(21)24-2/h7-10H,3-6,11H2,1-2H3,(H2,17,19,25)/b18-12-. The molecule has 0 saturated heterocycles. The van der Waals surface area contributed by atoms with Crippen molar-refractivity contribution in [2.24, 2.45) is 5.10 Å². The number of carbonyl (C=O) groups excluding carboxylic acids is 1. The van der Waals surface area contributed by atoms with Crippen LogP contribution in [-0.4, -0.2) is 35.4 Å². The second-order valence-electron chi connectivity index (χ2n) is 5.26. The molecular weight excluding hydrogens is 344 g/mol. The van der Waals surface area contributed by atoms with E-state index < -0.39 is 4.92 Å². The van der Waals surface area contributed by atoms with Crippen LogP contribution in [0, 0.1) is 10.1 Å². The fraction of sp³-hybridized carbons (Fsp3) is 0.438. The number of nitrogens with one attached hydrogen (secondary N) is 2. The number of benzene rings is 1. The summed E-state index contributed by atoms with van der Waals surface area (Å²) >= 11 is 5.12. The van der Waals surface area contributed by atoms with Gasteiger partial charge in [-0.3, -0.25) is 20.3 Å². The van der Waals surface area contributed by atoms with Gasteiger partial charge in [-0.05, 0) is 49.7 Å². The number of thiocarbonyl (C=S) groups is 1. The third-order valence-corrected chi connectivity index (χ3v) is 3.63. The Morgan fingerprint density at radius 2 is 1.96 bits per heavy atom. The van der Waals surface area contributed by atoms with Crippen molar-refractivity contribution < 1.29 is 14.5 Å². The van der Waals surface area contributed by atoms with Crippen molar-refractivity contribution in [1.29, 1.82) is 0 Å². The van der Waals surface area contributed by atoms with Gasteiger partial charge in [0.2, 0.25) is 0 Å². The minimum absolute atomic E-state index is 0.0360. The first-order valence-electron chi connectivity index (χ1n) is 7.84. The van der Waals surface area contributed by atoms with Gasteiger partial charge in [-0.15, -0.1) is 0 Å². The van der Waals surface area contributed by atoms with Crippen molar-refractivity contribution in [2.75, 3.05) is 13.7 Å². The Morgan fingerprint density at radius 3 is 2.56 bits per heavy atom. The first-order chi connectivity index (χ1) is 11.9. The van der Waals surface area contributed by atoms with E-state index in [1.54, 1.807) is 19.1 Å². The molecule has 2 N–H and O–H groups in total. The molecular formula is C16H22N4O4S. The highest BCUT2D eigenvalue weighted by atomic mass is 32.1. The van der Waals surface area contributed by atoms with Crippen molar-refractivity contribution in [3.05, 3.63) is 39.9 Å². The van der Waals surface area contributed by atoms with Crippen molar-refractivity contribution in [3.8, 4) is 0 Å². The molecule has 0 radical (unpaired) electrons. The summed E-state index contributed by atoms with van der Waals surface area (Å²) in [5.41, 5.74) is 4.20.